The number of hydrogen-bond donors (Lipinski definition) is 0. The van der Waals surface area contributed by atoms with E-state index in [9.17, 15) is 9.59 Å². The maximum absolute atomic E-state index is 14.0. The van der Waals surface area contributed by atoms with Crippen LogP contribution in [0.2, 0.25) is 0 Å². The Morgan fingerprint density at radius 3 is 2.26 bits per heavy atom. The van der Waals surface area contributed by atoms with Crippen LogP contribution in [0.4, 0.5) is 0 Å². The van der Waals surface area contributed by atoms with Crippen LogP contribution < -0.4 is 0 Å². The Kier molecular flexibility index (Phi) is 9.80. The van der Waals surface area contributed by atoms with Crippen molar-refractivity contribution in [1.29, 1.82) is 0 Å². The maximum atomic E-state index is 14.0. The number of carbonyl (C=O) groups is 2. The average Bonchev–Trinajstić information content (AvgIpc) is 3.41. The molecule has 1 atom stereocenters. The van der Waals surface area contributed by atoms with E-state index in [0.29, 0.717) is 12.1 Å². The predicted molar refractivity (Wildman–Crippen MR) is 154 cm³/mol. The summed E-state index contributed by atoms with van der Waals surface area (Å²) in [5, 5.41) is 0. The lowest BCUT2D eigenvalue weighted by atomic mass is 9.94. The molecule has 202 valence electrons. The third-order valence-electron chi connectivity index (χ3n) is 8.09. The lowest BCUT2D eigenvalue weighted by Gasteiger charge is -2.37. The number of aryl methyl sites for hydroxylation is 1. The SMILES string of the molecule is CCc1ccc(C(=O)N(CC(=O)N(Cc2cccn2Cc2ccccc2)C2CCCCC2)C(C)CC)cc1. The van der Waals surface area contributed by atoms with E-state index < -0.39 is 0 Å². The highest BCUT2D eigenvalue weighted by atomic mass is 16.2. The summed E-state index contributed by atoms with van der Waals surface area (Å²) in [6.45, 7) is 7.68. The Bertz CT molecular complexity index is 1160. The molecule has 1 aliphatic carbocycles. The van der Waals surface area contributed by atoms with Crippen LogP contribution in [0.3, 0.4) is 0 Å². The lowest BCUT2D eigenvalue weighted by Crippen LogP contribution is -2.49. The molecule has 2 amide bonds. The van der Waals surface area contributed by atoms with E-state index in [1.165, 1.54) is 17.5 Å². The third kappa shape index (κ3) is 6.94. The number of rotatable bonds is 11. The van der Waals surface area contributed by atoms with Crippen LogP contribution in [0.15, 0.2) is 72.9 Å². The van der Waals surface area contributed by atoms with Gasteiger partial charge in [-0.15, -0.1) is 0 Å². The molecule has 0 aliphatic heterocycles. The van der Waals surface area contributed by atoms with Crippen LogP contribution in [-0.2, 0) is 24.3 Å². The highest BCUT2D eigenvalue weighted by Gasteiger charge is 2.30. The first-order valence-corrected chi connectivity index (χ1v) is 14.4. The molecule has 1 unspecified atom stereocenters. The molecule has 5 nitrogen and oxygen atoms in total. The van der Waals surface area contributed by atoms with E-state index in [2.05, 4.69) is 65.9 Å². The molecule has 2 aromatic carbocycles. The fourth-order valence-corrected chi connectivity index (χ4v) is 5.45. The summed E-state index contributed by atoms with van der Waals surface area (Å²) in [5.74, 6) is -0.0189. The fourth-order valence-electron chi connectivity index (χ4n) is 5.45. The number of hydrogen-bond acceptors (Lipinski definition) is 2. The van der Waals surface area contributed by atoms with Gasteiger partial charge in [0.15, 0.2) is 0 Å². The van der Waals surface area contributed by atoms with Gasteiger partial charge in [-0.2, -0.15) is 0 Å². The first-order valence-electron chi connectivity index (χ1n) is 14.4. The van der Waals surface area contributed by atoms with Crippen molar-refractivity contribution in [2.24, 2.45) is 0 Å². The van der Waals surface area contributed by atoms with E-state index in [-0.39, 0.29) is 30.4 Å². The highest BCUT2D eigenvalue weighted by molar-refractivity contribution is 5.96. The van der Waals surface area contributed by atoms with Crippen molar-refractivity contribution in [3.8, 4) is 0 Å². The van der Waals surface area contributed by atoms with Crippen molar-refractivity contribution >= 4 is 11.8 Å². The van der Waals surface area contributed by atoms with E-state index in [4.69, 9.17) is 0 Å². The van der Waals surface area contributed by atoms with Gasteiger partial charge in [-0.05, 0) is 68.0 Å². The van der Waals surface area contributed by atoms with Gasteiger partial charge >= 0.3 is 0 Å². The van der Waals surface area contributed by atoms with Gasteiger partial charge in [0.25, 0.3) is 5.91 Å². The topological polar surface area (TPSA) is 45.6 Å². The Morgan fingerprint density at radius 2 is 1.61 bits per heavy atom. The number of benzene rings is 2. The summed E-state index contributed by atoms with van der Waals surface area (Å²) < 4.78 is 2.24. The zero-order chi connectivity index (χ0) is 26.9. The van der Waals surface area contributed by atoms with Crippen LogP contribution in [0.25, 0.3) is 0 Å². The monoisotopic (exact) mass is 513 g/mol. The van der Waals surface area contributed by atoms with Crippen LogP contribution in [0.1, 0.15) is 86.5 Å². The first kappa shape index (κ1) is 27.7. The second-order valence-electron chi connectivity index (χ2n) is 10.7. The van der Waals surface area contributed by atoms with Gasteiger partial charge in [0, 0.05) is 36.1 Å². The predicted octanol–water partition coefficient (Wildman–Crippen LogP) is 6.70. The minimum Gasteiger partial charge on any atom is -0.345 e. The van der Waals surface area contributed by atoms with Crippen molar-refractivity contribution in [3.05, 3.63) is 95.3 Å². The quantitative estimate of drug-likeness (QED) is 0.286. The normalized spacial score (nSPS) is 14.7. The van der Waals surface area contributed by atoms with Crippen LogP contribution in [0.5, 0.6) is 0 Å². The molecule has 5 heteroatoms. The van der Waals surface area contributed by atoms with Crippen molar-refractivity contribution in [2.45, 2.75) is 90.9 Å². The van der Waals surface area contributed by atoms with Gasteiger partial charge < -0.3 is 14.4 Å². The Hall–Kier alpha value is -3.34. The summed E-state index contributed by atoms with van der Waals surface area (Å²) in [7, 11) is 0. The second kappa shape index (κ2) is 13.5. The van der Waals surface area contributed by atoms with Crippen LogP contribution in [-0.4, -0.2) is 44.8 Å². The molecule has 1 heterocycles. The molecule has 1 saturated carbocycles. The van der Waals surface area contributed by atoms with Crippen molar-refractivity contribution in [2.75, 3.05) is 6.54 Å². The summed E-state index contributed by atoms with van der Waals surface area (Å²) in [6.07, 6.45) is 9.42. The van der Waals surface area contributed by atoms with Gasteiger partial charge in [0.1, 0.15) is 6.54 Å². The van der Waals surface area contributed by atoms with Gasteiger partial charge in [-0.1, -0.05) is 75.6 Å². The number of amides is 2. The number of aromatic nitrogens is 1. The summed E-state index contributed by atoms with van der Waals surface area (Å²) >= 11 is 0. The maximum Gasteiger partial charge on any atom is 0.254 e. The number of carbonyl (C=O) groups excluding carboxylic acids is 2. The molecule has 0 bridgehead atoms. The van der Waals surface area contributed by atoms with Crippen molar-refractivity contribution < 1.29 is 9.59 Å². The zero-order valence-corrected chi connectivity index (χ0v) is 23.3. The molecule has 3 aromatic rings. The Morgan fingerprint density at radius 1 is 0.895 bits per heavy atom. The molecule has 0 N–H and O–H groups in total. The zero-order valence-electron chi connectivity index (χ0n) is 23.3. The minimum atomic E-state index is -0.0635. The molecule has 1 fully saturated rings. The standard InChI is InChI=1S/C33H43N3O2/c1-4-26(3)35(33(38)29-20-18-27(5-2)19-21-29)25-32(37)36(30-15-10-7-11-16-30)24-31-17-12-22-34(31)23-28-13-8-6-9-14-28/h6,8-9,12-14,17-22,26,30H,4-5,7,10-11,15-16,23-25H2,1-3H3. The van der Waals surface area contributed by atoms with E-state index in [1.54, 1.807) is 4.90 Å². The number of nitrogens with zero attached hydrogens (tertiary/aromatic N) is 3. The van der Waals surface area contributed by atoms with Gasteiger partial charge in [0.2, 0.25) is 5.91 Å². The summed E-state index contributed by atoms with van der Waals surface area (Å²) in [6, 6.07) is 22.6. The lowest BCUT2D eigenvalue weighted by molar-refractivity contribution is -0.136. The van der Waals surface area contributed by atoms with Crippen LogP contribution >= 0.6 is 0 Å². The molecule has 0 saturated heterocycles. The molecule has 4 rings (SSSR count). The highest BCUT2D eigenvalue weighted by Crippen LogP contribution is 2.25. The van der Waals surface area contributed by atoms with Gasteiger partial charge in [0.05, 0.1) is 6.54 Å². The minimum absolute atomic E-state index is 0.0209. The molecular formula is C33H43N3O2. The molecule has 1 aliphatic rings. The molecule has 38 heavy (non-hydrogen) atoms. The van der Waals surface area contributed by atoms with Crippen molar-refractivity contribution in [1.82, 2.24) is 14.4 Å². The second-order valence-corrected chi connectivity index (χ2v) is 10.7. The molecular weight excluding hydrogens is 470 g/mol. The van der Waals surface area contributed by atoms with Gasteiger partial charge in [-0.3, -0.25) is 9.59 Å². The Balaban J connectivity index is 1.55. The molecule has 0 spiro atoms. The smallest absolute Gasteiger partial charge is 0.254 e. The van der Waals surface area contributed by atoms with E-state index in [1.807, 2.05) is 37.3 Å². The largest absolute Gasteiger partial charge is 0.345 e. The summed E-state index contributed by atoms with van der Waals surface area (Å²) in [4.78, 5) is 31.5. The van der Waals surface area contributed by atoms with Gasteiger partial charge in [-0.25, -0.2) is 0 Å². The average molecular weight is 514 g/mol. The Labute approximate surface area is 228 Å². The molecule has 0 radical (unpaired) electrons. The molecule has 1 aromatic heterocycles. The van der Waals surface area contributed by atoms with Crippen LogP contribution in [0, 0.1) is 0 Å². The van der Waals surface area contributed by atoms with E-state index in [0.717, 1.165) is 50.8 Å². The fraction of sp³-hybridized carbons (Fsp3) is 0.455. The van der Waals surface area contributed by atoms with Crippen molar-refractivity contribution in [3.63, 3.8) is 0 Å². The first-order chi connectivity index (χ1) is 18.5. The van der Waals surface area contributed by atoms with E-state index >= 15 is 0 Å². The summed E-state index contributed by atoms with van der Waals surface area (Å²) in [5.41, 5.74) is 4.22. The third-order valence-corrected chi connectivity index (χ3v) is 8.09.